The molecule has 2 aromatic rings. The Morgan fingerprint density at radius 3 is 3.19 bits per heavy atom. The van der Waals surface area contributed by atoms with E-state index < -0.39 is 0 Å². The zero-order valence-corrected chi connectivity index (χ0v) is 9.83. The molecule has 0 aliphatic carbocycles. The normalized spacial score (nSPS) is 10.6. The van der Waals surface area contributed by atoms with Crippen molar-refractivity contribution in [2.45, 2.75) is 13.3 Å². The monoisotopic (exact) mass is 235 g/mol. The number of rotatable bonds is 4. The number of hydrogen-bond acceptors (Lipinski definition) is 3. The smallest absolute Gasteiger partial charge is 0.179 e. The molecule has 0 spiro atoms. The minimum Gasteiger partial charge on any atom is -0.489 e. The number of imidazole rings is 1. The summed E-state index contributed by atoms with van der Waals surface area (Å²) < 4.78 is 7.53. The van der Waals surface area contributed by atoms with Gasteiger partial charge in [-0.3, -0.25) is 0 Å². The zero-order valence-electron chi connectivity index (χ0n) is 9.01. The van der Waals surface area contributed by atoms with Gasteiger partial charge in [-0.15, -0.1) is 0 Å². The fourth-order valence-corrected chi connectivity index (χ4v) is 1.57. The van der Waals surface area contributed by atoms with Crippen LogP contribution in [0.2, 0.25) is 0 Å². The first-order valence-electron chi connectivity index (χ1n) is 5.02. The van der Waals surface area contributed by atoms with E-state index in [1.807, 2.05) is 35.9 Å². The minimum absolute atomic E-state index is 0.464. The molecule has 0 radical (unpaired) electrons. The maximum atomic E-state index is 5.59. The molecular formula is C11H13N3OS. The first-order chi connectivity index (χ1) is 7.66. The highest BCUT2D eigenvalue weighted by Gasteiger charge is 2.04. The number of ether oxygens (including phenoxy) is 1. The number of nitrogens with two attached hydrogens (primary N) is 1. The Balaban J connectivity index is 2.20. The molecule has 2 heterocycles. The fourth-order valence-electron chi connectivity index (χ4n) is 1.48. The molecule has 0 amide bonds. The Kier molecular flexibility index (Phi) is 3.05. The standard InChI is InChI=1S/C11H13N3OS/c1-8-7-14-5-2-3-9(11(14)13-8)15-6-4-10(12)16/h2-3,5,7H,4,6H2,1H3,(H2,12,16). The van der Waals surface area contributed by atoms with Crippen molar-refractivity contribution in [1.29, 1.82) is 0 Å². The van der Waals surface area contributed by atoms with Crippen molar-refractivity contribution in [2.24, 2.45) is 5.73 Å². The maximum absolute atomic E-state index is 5.59. The lowest BCUT2D eigenvalue weighted by Gasteiger charge is -2.06. The van der Waals surface area contributed by atoms with E-state index in [1.165, 1.54) is 0 Å². The number of pyridine rings is 1. The molecule has 0 atom stereocenters. The second-order valence-corrected chi connectivity index (χ2v) is 4.07. The zero-order chi connectivity index (χ0) is 11.5. The third-order valence-corrected chi connectivity index (χ3v) is 2.38. The summed E-state index contributed by atoms with van der Waals surface area (Å²) in [4.78, 5) is 4.85. The van der Waals surface area contributed by atoms with Gasteiger partial charge in [-0.25, -0.2) is 4.98 Å². The molecule has 0 aliphatic heterocycles. The van der Waals surface area contributed by atoms with Gasteiger partial charge in [0.1, 0.15) is 0 Å². The van der Waals surface area contributed by atoms with E-state index in [0.717, 1.165) is 17.1 Å². The van der Waals surface area contributed by atoms with Gasteiger partial charge in [-0.2, -0.15) is 0 Å². The highest BCUT2D eigenvalue weighted by atomic mass is 32.1. The van der Waals surface area contributed by atoms with Gasteiger partial charge >= 0.3 is 0 Å². The molecule has 16 heavy (non-hydrogen) atoms. The molecule has 84 valence electrons. The third-order valence-electron chi connectivity index (χ3n) is 2.17. The van der Waals surface area contributed by atoms with Crippen LogP contribution in [0.1, 0.15) is 12.1 Å². The first kappa shape index (κ1) is 10.9. The van der Waals surface area contributed by atoms with Gasteiger partial charge in [0.25, 0.3) is 0 Å². The first-order valence-corrected chi connectivity index (χ1v) is 5.43. The van der Waals surface area contributed by atoms with Gasteiger partial charge in [-0.05, 0) is 19.1 Å². The summed E-state index contributed by atoms with van der Waals surface area (Å²) in [5, 5.41) is 0. The molecule has 2 N–H and O–H groups in total. The fraction of sp³-hybridized carbons (Fsp3) is 0.273. The third kappa shape index (κ3) is 2.30. The van der Waals surface area contributed by atoms with Crippen LogP contribution in [0, 0.1) is 6.92 Å². The number of hydrogen-bond donors (Lipinski definition) is 1. The molecule has 0 bridgehead atoms. The summed E-state index contributed by atoms with van der Waals surface area (Å²) >= 11 is 4.79. The lowest BCUT2D eigenvalue weighted by atomic mass is 10.4. The van der Waals surface area contributed by atoms with E-state index in [0.29, 0.717) is 18.0 Å². The van der Waals surface area contributed by atoms with Crippen LogP contribution < -0.4 is 10.5 Å². The Morgan fingerprint density at radius 2 is 2.44 bits per heavy atom. The van der Waals surface area contributed by atoms with Crippen molar-refractivity contribution >= 4 is 22.9 Å². The lowest BCUT2D eigenvalue weighted by Crippen LogP contribution is -2.12. The van der Waals surface area contributed by atoms with Crippen molar-refractivity contribution < 1.29 is 4.74 Å². The van der Waals surface area contributed by atoms with Gasteiger partial charge in [0, 0.05) is 18.8 Å². The number of nitrogens with zero attached hydrogens (tertiary/aromatic N) is 2. The second kappa shape index (κ2) is 4.49. The molecule has 2 rings (SSSR count). The molecular weight excluding hydrogens is 222 g/mol. The van der Waals surface area contributed by atoms with Gasteiger partial charge in [0.05, 0.1) is 17.3 Å². The largest absolute Gasteiger partial charge is 0.489 e. The summed E-state index contributed by atoms with van der Waals surface area (Å²) in [6.45, 7) is 2.44. The van der Waals surface area contributed by atoms with Crippen molar-refractivity contribution in [3.63, 3.8) is 0 Å². The second-order valence-electron chi connectivity index (χ2n) is 3.55. The van der Waals surface area contributed by atoms with Crippen molar-refractivity contribution in [3.8, 4) is 5.75 Å². The SMILES string of the molecule is Cc1cn2cccc(OCCC(N)=S)c2n1. The average molecular weight is 235 g/mol. The molecule has 0 saturated carbocycles. The van der Waals surface area contributed by atoms with E-state index in [1.54, 1.807) is 0 Å². The van der Waals surface area contributed by atoms with Gasteiger partial charge in [0.2, 0.25) is 0 Å². The molecule has 0 saturated heterocycles. The molecule has 0 fully saturated rings. The highest BCUT2D eigenvalue weighted by Crippen LogP contribution is 2.18. The van der Waals surface area contributed by atoms with Gasteiger partial charge in [-0.1, -0.05) is 12.2 Å². The Labute approximate surface area is 99.0 Å². The number of fused-ring (bicyclic) bond motifs is 1. The molecule has 0 aliphatic rings. The summed E-state index contributed by atoms with van der Waals surface area (Å²) in [6, 6.07) is 3.81. The van der Waals surface area contributed by atoms with E-state index in [9.17, 15) is 0 Å². The van der Waals surface area contributed by atoms with Crippen LogP contribution >= 0.6 is 12.2 Å². The van der Waals surface area contributed by atoms with Crippen LogP contribution in [0.3, 0.4) is 0 Å². The van der Waals surface area contributed by atoms with Gasteiger partial charge in [0.15, 0.2) is 11.4 Å². The van der Waals surface area contributed by atoms with Crippen molar-refractivity contribution in [1.82, 2.24) is 9.38 Å². The van der Waals surface area contributed by atoms with Crippen molar-refractivity contribution in [3.05, 3.63) is 30.2 Å². The summed E-state index contributed by atoms with van der Waals surface area (Å²) in [5.74, 6) is 0.756. The van der Waals surface area contributed by atoms with Crippen LogP contribution in [0.15, 0.2) is 24.5 Å². The lowest BCUT2D eigenvalue weighted by molar-refractivity contribution is 0.331. The number of thiocarbonyl (C=S) groups is 1. The number of aryl methyl sites for hydroxylation is 1. The Bertz CT molecular complexity index is 521. The summed E-state index contributed by atoms with van der Waals surface area (Å²) in [7, 11) is 0. The van der Waals surface area contributed by atoms with Crippen molar-refractivity contribution in [2.75, 3.05) is 6.61 Å². The molecule has 5 heteroatoms. The van der Waals surface area contributed by atoms with E-state index >= 15 is 0 Å². The maximum Gasteiger partial charge on any atom is 0.179 e. The number of aromatic nitrogens is 2. The minimum atomic E-state index is 0.464. The van der Waals surface area contributed by atoms with E-state index in [4.69, 9.17) is 22.7 Å². The van der Waals surface area contributed by atoms with Crippen LogP contribution in [-0.4, -0.2) is 21.0 Å². The molecule has 4 nitrogen and oxygen atoms in total. The highest BCUT2D eigenvalue weighted by molar-refractivity contribution is 7.80. The molecule has 0 unspecified atom stereocenters. The Morgan fingerprint density at radius 1 is 1.62 bits per heavy atom. The molecule has 2 aromatic heterocycles. The predicted octanol–water partition coefficient (Wildman–Crippen LogP) is 1.70. The predicted molar refractivity (Wildman–Crippen MR) is 66.8 cm³/mol. The Hall–Kier alpha value is -1.62. The van der Waals surface area contributed by atoms with Crippen LogP contribution in [0.4, 0.5) is 0 Å². The van der Waals surface area contributed by atoms with Crippen LogP contribution in [0.25, 0.3) is 5.65 Å². The summed E-state index contributed by atoms with van der Waals surface area (Å²) in [6.07, 6.45) is 4.47. The average Bonchev–Trinajstić information content (AvgIpc) is 2.58. The molecule has 0 aromatic carbocycles. The van der Waals surface area contributed by atoms with E-state index in [2.05, 4.69) is 4.98 Å². The van der Waals surface area contributed by atoms with Gasteiger partial charge < -0.3 is 14.9 Å². The quantitative estimate of drug-likeness (QED) is 0.819. The summed E-state index contributed by atoms with van der Waals surface area (Å²) in [5.41, 5.74) is 7.19. The van der Waals surface area contributed by atoms with Crippen LogP contribution in [0.5, 0.6) is 5.75 Å². The van der Waals surface area contributed by atoms with Crippen LogP contribution in [-0.2, 0) is 0 Å². The topological polar surface area (TPSA) is 52.5 Å². The van der Waals surface area contributed by atoms with E-state index in [-0.39, 0.29) is 0 Å².